The first-order chi connectivity index (χ1) is 15.9. The van der Waals surface area contributed by atoms with Gasteiger partial charge in [0, 0.05) is 63.1 Å². The monoisotopic (exact) mass is 448 g/mol. The number of amides is 2. The fourth-order valence-corrected chi connectivity index (χ4v) is 4.15. The molecule has 0 radical (unpaired) electrons. The molecule has 1 aromatic heterocycles. The van der Waals surface area contributed by atoms with E-state index in [1.807, 2.05) is 48.2 Å². The van der Waals surface area contributed by atoms with Crippen molar-refractivity contribution in [3.63, 3.8) is 0 Å². The molecule has 8 heteroatoms. The Hall–Kier alpha value is -3.29. The minimum Gasteiger partial charge on any atom is -0.353 e. The molecule has 0 spiro atoms. The van der Waals surface area contributed by atoms with Crippen molar-refractivity contribution in [3.05, 3.63) is 53.5 Å². The smallest absolute Gasteiger partial charge is 0.243 e. The summed E-state index contributed by atoms with van der Waals surface area (Å²) < 4.78 is 0. The molecule has 2 aliphatic rings. The average molecular weight is 449 g/mol. The van der Waals surface area contributed by atoms with E-state index in [-0.39, 0.29) is 30.6 Å². The third-order valence-corrected chi connectivity index (χ3v) is 6.08. The topological polar surface area (TPSA) is 82.0 Å². The van der Waals surface area contributed by atoms with Crippen LogP contribution >= 0.6 is 0 Å². The van der Waals surface area contributed by atoms with E-state index in [9.17, 15) is 9.59 Å². The first-order valence-electron chi connectivity index (χ1n) is 11.7. The second-order valence-electron chi connectivity index (χ2n) is 8.93. The van der Waals surface area contributed by atoms with Gasteiger partial charge < -0.3 is 9.80 Å². The van der Waals surface area contributed by atoms with E-state index in [4.69, 9.17) is 4.98 Å². The van der Waals surface area contributed by atoms with Gasteiger partial charge in [0.2, 0.25) is 11.8 Å². The van der Waals surface area contributed by atoms with Crippen molar-refractivity contribution in [1.29, 1.82) is 0 Å². The Bertz CT molecular complexity index is 1030. The summed E-state index contributed by atoms with van der Waals surface area (Å²) in [5, 5.41) is 5.99. The van der Waals surface area contributed by atoms with Crippen LogP contribution < -0.4 is 4.90 Å². The maximum Gasteiger partial charge on any atom is 0.243 e. The molecule has 174 valence electrons. The van der Waals surface area contributed by atoms with Gasteiger partial charge in [-0.2, -0.15) is 5.10 Å². The Kier molecular flexibility index (Phi) is 7.01. The Morgan fingerprint density at radius 1 is 0.939 bits per heavy atom. The maximum absolute atomic E-state index is 12.7. The van der Waals surface area contributed by atoms with Crippen LogP contribution in [0.15, 0.2) is 41.5 Å². The molecule has 0 bridgehead atoms. The maximum atomic E-state index is 12.7. The molecule has 1 saturated heterocycles. The molecule has 2 aliphatic heterocycles. The van der Waals surface area contributed by atoms with Gasteiger partial charge in [0.1, 0.15) is 11.6 Å². The molecule has 0 saturated carbocycles. The molecule has 1 aromatic carbocycles. The minimum absolute atomic E-state index is 0.0243. The van der Waals surface area contributed by atoms with Crippen molar-refractivity contribution < 1.29 is 9.59 Å². The average Bonchev–Trinajstić information content (AvgIpc) is 3.33. The summed E-state index contributed by atoms with van der Waals surface area (Å²) in [4.78, 5) is 38.6. The number of hydrazone groups is 1. The number of hydrogen-bond donors (Lipinski definition) is 0. The summed E-state index contributed by atoms with van der Waals surface area (Å²) in [5.74, 6) is 1.98. The number of rotatable bonds is 6. The van der Waals surface area contributed by atoms with Crippen LogP contribution in [0.2, 0.25) is 0 Å². The zero-order chi connectivity index (χ0) is 23.4. The lowest BCUT2D eigenvalue weighted by molar-refractivity contribution is -0.137. The molecule has 4 rings (SSSR count). The third kappa shape index (κ3) is 5.56. The lowest BCUT2D eigenvalue weighted by Crippen LogP contribution is -2.49. The van der Waals surface area contributed by atoms with E-state index >= 15 is 0 Å². The molecule has 0 unspecified atom stereocenters. The highest BCUT2D eigenvalue weighted by Gasteiger charge is 2.25. The van der Waals surface area contributed by atoms with Crippen molar-refractivity contribution in [2.75, 3.05) is 37.6 Å². The van der Waals surface area contributed by atoms with Crippen molar-refractivity contribution in [3.8, 4) is 0 Å². The van der Waals surface area contributed by atoms with Crippen molar-refractivity contribution in [2.24, 2.45) is 5.10 Å². The van der Waals surface area contributed by atoms with Crippen molar-refractivity contribution >= 4 is 23.3 Å². The summed E-state index contributed by atoms with van der Waals surface area (Å²) >= 11 is 0. The Morgan fingerprint density at radius 3 is 2.33 bits per heavy atom. The number of aryl methyl sites for hydroxylation is 1. The van der Waals surface area contributed by atoms with Crippen LogP contribution in [0.1, 0.15) is 56.1 Å². The molecule has 3 heterocycles. The van der Waals surface area contributed by atoms with Crippen LogP contribution in [0, 0.1) is 6.92 Å². The summed E-state index contributed by atoms with van der Waals surface area (Å²) in [7, 11) is 0. The fourth-order valence-electron chi connectivity index (χ4n) is 4.15. The highest BCUT2D eigenvalue weighted by molar-refractivity contribution is 6.02. The van der Waals surface area contributed by atoms with Crippen LogP contribution in [0.5, 0.6) is 0 Å². The van der Waals surface area contributed by atoms with E-state index in [0.717, 1.165) is 48.1 Å². The number of hydrogen-bond acceptors (Lipinski definition) is 6. The zero-order valence-electron chi connectivity index (χ0n) is 19.7. The lowest BCUT2D eigenvalue weighted by Gasteiger charge is -2.35. The van der Waals surface area contributed by atoms with Gasteiger partial charge in [0.15, 0.2) is 0 Å². The molecule has 0 aliphatic carbocycles. The van der Waals surface area contributed by atoms with Crippen LogP contribution in [0.25, 0.3) is 0 Å². The summed E-state index contributed by atoms with van der Waals surface area (Å²) in [6.07, 6.45) is 1.15. The fraction of sp³-hybridized carbons (Fsp3) is 0.480. The third-order valence-electron chi connectivity index (χ3n) is 6.08. The molecule has 2 aromatic rings. The zero-order valence-corrected chi connectivity index (χ0v) is 19.7. The van der Waals surface area contributed by atoms with Gasteiger partial charge in [-0.1, -0.05) is 44.2 Å². The van der Waals surface area contributed by atoms with Crippen molar-refractivity contribution in [1.82, 2.24) is 19.9 Å². The highest BCUT2D eigenvalue weighted by Crippen LogP contribution is 2.19. The van der Waals surface area contributed by atoms with Crippen LogP contribution in [0.3, 0.4) is 0 Å². The van der Waals surface area contributed by atoms with Crippen LogP contribution in [-0.2, 0) is 9.59 Å². The number of nitrogens with zero attached hydrogens (tertiary/aromatic N) is 6. The van der Waals surface area contributed by atoms with Gasteiger partial charge >= 0.3 is 0 Å². The lowest BCUT2D eigenvalue weighted by atomic mass is 10.1. The molecule has 33 heavy (non-hydrogen) atoms. The standard InChI is InChI=1S/C25H32N6O2/c1-18(2)25-26-19(3)17-22(27-25)29-13-15-30(16-14-29)23(32)9-10-24(33)31-12-11-21(28-31)20-7-5-4-6-8-20/h4-8,17-18H,9-16H2,1-3H3. The summed E-state index contributed by atoms with van der Waals surface area (Å²) in [5.41, 5.74) is 2.92. The molecule has 0 atom stereocenters. The first-order valence-corrected chi connectivity index (χ1v) is 11.7. The number of benzene rings is 1. The van der Waals surface area contributed by atoms with Gasteiger partial charge in [-0.05, 0) is 12.5 Å². The quantitative estimate of drug-likeness (QED) is 0.679. The molecule has 0 N–H and O–H groups in total. The van der Waals surface area contributed by atoms with Gasteiger partial charge in [0.05, 0.1) is 12.3 Å². The number of carbonyl (C=O) groups excluding carboxylic acids is 2. The minimum atomic E-state index is -0.0920. The van der Waals surface area contributed by atoms with Gasteiger partial charge in [-0.25, -0.2) is 15.0 Å². The number of aromatic nitrogens is 2. The Labute approximate surface area is 195 Å². The number of anilines is 1. The SMILES string of the molecule is Cc1cc(N2CCN(C(=O)CCC(=O)N3CCC(c4ccccc4)=N3)CC2)nc(C(C)C)n1. The van der Waals surface area contributed by atoms with Gasteiger partial charge in [-0.15, -0.1) is 0 Å². The number of piperazine rings is 1. The van der Waals surface area contributed by atoms with Crippen molar-refractivity contribution in [2.45, 2.75) is 46.0 Å². The van der Waals surface area contributed by atoms with Gasteiger partial charge in [0.25, 0.3) is 0 Å². The van der Waals surface area contributed by atoms with Crippen LogP contribution in [-0.4, -0.2) is 70.1 Å². The number of carbonyl (C=O) groups is 2. The van der Waals surface area contributed by atoms with E-state index in [0.29, 0.717) is 19.6 Å². The predicted octanol–water partition coefficient (Wildman–Crippen LogP) is 2.97. The molecular weight excluding hydrogens is 416 g/mol. The molecule has 1 fully saturated rings. The first kappa shape index (κ1) is 22.9. The Morgan fingerprint density at radius 2 is 1.64 bits per heavy atom. The van der Waals surface area contributed by atoms with Gasteiger partial charge in [-0.3, -0.25) is 9.59 Å². The van der Waals surface area contributed by atoms with Crippen LogP contribution in [0.4, 0.5) is 5.82 Å². The van der Waals surface area contributed by atoms with E-state index in [1.54, 1.807) is 0 Å². The molecule has 8 nitrogen and oxygen atoms in total. The normalized spacial score (nSPS) is 16.4. The Balaban J connectivity index is 1.26. The van der Waals surface area contributed by atoms with E-state index in [2.05, 4.69) is 28.8 Å². The van der Waals surface area contributed by atoms with E-state index in [1.165, 1.54) is 5.01 Å². The second-order valence-corrected chi connectivity index (χ2v) is 8.93. The second kappa shape index (κ2) is 10.1. The summed E-state index contributed by atoms with van der Waals surface area (Å²) in [6.45, 7) is 9.46. The highest BCUT2D eigenvalue weighted by atomic mass is 16.2. The van der Waals surface area contributed by atoms with E-state index < -0.39 is 0 Å². The summed E-state index contributed by atoms with van der Waals surface area (Å²) in [6, 6.07) is 11.9. The molecular formula is C25H32N6O2. The molecule has 2 amide bonds. The largest absolute Gasteiger partial charge is 0.353 e. The predicted molar refractivity (Wildman–Crippen MR) is 128 cm³/mol.